The van der Waals surface area contributed by atoms with Gasteiger partial charge < -0.3 is 15.5 Å². The number of aryl methyl sites for hydroxylation is 1. The van der Waals surface area contributed by atoms with Gasteiger partial charge in [0, 0.05) is 11.6 Å². The molecule has 3 N–H and O–H groups in total. The molecule has 1 amide bonds. The van der Waals surface area contributed by atoms with Crippen LogP contribution in [0.4, 0.5) is 0 Å². The van der Waals surface area contributed by atoms with Crippen molar-refractivity contribution in [3.05, 3.63) is 29.3 Å². The molecular weight excluding hydrogens is 222 g/mol. The highest BCUT2D eigenvalue weighted by molar-refractivity contribution is 5.95. The van der Waals surface area contributed by atoms with Gasteiger partial charge in [0.05, 0.1) is 6.42 Å². The number of aromatic hydroxyl groups is 1. The molecule has 1 aromatic carbocycles. The van der Waals surface area contributed by atoms with Crippen LogP contribution < -0.4 is 5.32 Å². The van der Waals surface area contributed by atoms with Gasteiger partial charge in [0.1, 0.15) is 5.75 Å². The Hall–Kier alpha value is -2.04. The molecular formula is C12H15NO4. The summed E-state index contributed by atoms with van der Waals surface area (Å²) in [7, 11) is 0. The average Bonchev–Trinajstić information content (AvgIpc) is 2.20. The van der Waals surface area contributed by atoms with Gasteiger partial charge in [-0.15, -0.1) is 0 Å². The summed E-state index contributed by atoms with van der Waals surface area (Å²) in [4.78, 5) is 22.2. The molecule has 1 unspecified atom stereocenters. The number of aliphatic carboxylic acids is 1. The Morgan fingerprint density at radius 2 is 2.06 bits per heavy atom. The molecule has 0 aliphatic carbocycles. The van der Waals surface area contributed by atoms with Crippen LogP contribution in [0, 0.1) is 6.92 Å². The van der Waals surface area contributed by atoms with Gasteiger partial charge in [0.25, 0.3) is 5.91 Å². The number of benzene rings is 1. The maximum atomic E-state index is 11.7. The van der Waals surface area contributed by atoms with Gasteiger partial charge >= 0.3 is 5.97 Å². The topological polar surface area (TPSA) is 86.6 Å². The summed E-state index contributed by atoms with van der Waals surface area (Å²) in [6, 6.07) is 4.05. The van der Waals surface area contributed by atoms with Gasteiger partial charge in [-0.1, -0.05) is 0 Å². The van der Waals surface area contributed by atoms with E-state index in [4.69, 9.17) is 5.11 Å². The van der Waals surface area contributed by atoms with Crippen molar-refractivity contribution in [3.8, 4) is 5.75 Å². The molecule has 0 saturated heterocycles. The number of carboxylic acids is 1. The SMILES string of the molecule is Cc1cc(C(=O)NC(C)CC(=O)O)ccc1O. The molecule has 0 saturated carbocycles. The molecule has 0 bridgehead atoms. The van der Waals surface area contributed by atoms with Crippen LogP contribution in [0.15, 0.2) is 18.2 Å². The largest absolute Gasteiger partial charge is 0.508 e. The Labute approximate surface area is 99.1 Å². The Balaban J connectivity index is 2.70. The lowest BCUT2D eigenvalue weighted by molar-refractivity contribution is -0.137. The summed E-state index contributed by atoms with van der Waals surface area (Å²) in [5.41, 5.74) is 1.00. The number of hydrogen-bond donors (Lipinski definition) is 3. The van der Waals surface area contributed by atoms with Gasteiger partial charge in [0.15, 0.2) is 0 Å². The highest BCUT2D eigenvalue weighted by Gasteiger charge is 2.13. The molecule has 0 aliphatic heterocycles. The first kappa shape index (κ1) is 13.0. The normalized spacial score (nSPS) is 11.9. The maximum absolute atomic E-state index is 11.7. The number of phenolic OH excluding ortho intramolecular Hbond substituents is 1. The van der Waals surface area contributed by atoms with Crippen LogP contribution in [0.3, 0.4) is 0 Å². The molecule has 0 aromatic heterocycles. The molecule has 5 heteroatoms. The predicted molar refractivity (Wildman–Crippen MR) is 62.0 cm³/mol. The van der Waals surface area contributed by atoms with Crippen LogP contribution in [-0.2, 0) is 4.79 Å². The molecule has 0 radical (unpaired) electrons. The van der Waals surface area contributed by atoms with Crippen molar-refractivity contribution < 1.29 is 19.8 Å². The van der Waals surface area contributed by atoms with Crippen molar-refractivity contribution in [1.82, 2.24) is 5.32 Å². The standard InChI is InChI=1S/C12H15NO4/c1-7-5-9(3-4-10(7)14)12(17)13-8(2)6-11(15)16/h3-5,8,14H,6H2,1-2H3,(H,13,17)(H,15,16). The van der Waals surface area contributed by atoms with Crippen LogP contribution >= 0.6 is 0 Å². The zero-order valence-electron chi connectivity index (χ0n) is 9.73. The number of carbonyl (C=O) groups is 2. The maximum Gasteiger partial charge on any atom is 0.305 e. The predicted octanol–water partition coefficient (Wildman–Crippen LogP) is 1.29. The van der Waals surface area contributed by atoms with Gasteiger partial charge in [-0.2, -0.15) is 0 Å². The second-order valence-corrected chi connectivity index (χ2v) is 3.97. The highest BCUT2D eigenvalue weighted by Crippen LogP contribution is 2.16. The van der Waals surface area contributed by atoms with E-state index in [-0.39, 0.29) is 18.1 Å². The zero-order chi connectivity index (χ0) is 13.0. The van der Waals surface area contributed by atoms with Crippen LogP contribution in [0.25, 0.3) is 0 Å². The number of carbonyl (C=O) groups excluding carboxylic acids is 1. The van der Waals surface area contributed by atoms with Crippen LogP contribution in [0.1, 0.15) is 29.3 Å². The number of rotatable bonds is 4. The second-order valence-electron chi connectivity index (χ2n) is 3.97. The summed E-state index contributed by atoms with van der Waals surface area (Å²) in [5.74, 6) is -1.18. The van der Waals surface area contributed by atoms with E-state index in [0.717, 1.165) is 0 Å². The fraction of sp³-hybridized carbons (Fsp3) is 0.333. The highest BCUT2D eigenvalue weighted by atomic mass is 16.4. The Kier molecular flexibility index (Phi) is 4.09. The van der Waals surface area contributed by atoms with Crippen molar-refractivity contribution in [1.29, 1.82) is 0 Å². The third-order valence-corrected chi connectivity index (χ3v) is 2.32. The number of carboxylic acid groups (broad SMARTS) is 1. The molecule has 0 spiro atoms. The zero-order valence-corrected chi connectivity index (χ0v) is 9.73. The summed E-state index contributed by atoms with van der Waals surface area (Å²) in [6.45, 7) is 3.31. The number of amides is 1. The summed E-state index contributed by atoms with van der Waals surface area (Å²) in [5, 5.41) is 20.5. The molecule has 1 rings (SSSR count). The molecule has 1 atom stereocenters. The fourth-order valence-electron chi connectivity index (χ4n) is 1.42. The molecule has 0 aliphatic rings. The lowest BCUT2D eigenvalue weighted by atomic mass is 10.1. The van der Waals surface area contributed by atoms with Crippen LogP contribution in [0.5, 0.6) is 5.75 Å². The molecule has 92 valence electrons. The lowest BCUT2D eigenvalue weighted by Gasteiger charge is -2.12. The van der Waals surface area contributed by atoms with E-state index < -0.39 is 12.0 Å². The third-order valence-electron chi connectivity index (χ3n) is 2.32. The summed E-state index contributed by atoms with van der Waals surface area (Å²) < 4.78 is 0. The number of phenols is 1. The number of hydrogen-bond acceptors (Lipinski definition) is 3. The minimum absolute atomic E-state index is 0.122. The lowest BCUT2D eigenvalue weighted by Crippen LogP contribution is -2.34. The monoisotopic (exact) mass is 237 g/mol. The van der Waals surface area contributed by atoms with E-state index in [1.807, 2.05) is 0 Å². The van der Waals surface area contributed by atoms with E-state index in [9.17, 15) is 14.7 Å². The quantitative estimate of drug-likeness (QED) is 0.736. The van der Waals surface area contributed by atoms with Crippen molar-refractivity contribution >= 4 is 11.9 Å². The van der Waals surface area contributed by atoms with E-state index in [0.29, 0.717) is 11.1 Å². The average molecular weight is 237 g/mol. The van der Waals surface area contributed by atoms with Crippen molar-refractivity contribution in [2.24, 2.45) is 0 Å². The van der Waals surface area contributed by atoms with E-state index in [1.54, 1.807) is 19.9 Å². The van der Waals surface area contributed by atoms with Gasteiger partial charge in [-0.25, -0.2) is 0 Å². The molecule has 1 aromatic rings. The van der Waals surface area contributed by atoms with Gasteiger partial charge in [-0.05, 0) is 37.6 Å². The van der Waals surface area contributed by atoms with E-state index in [2.05, 4.69) is 5.32 Å². The van der Waals surface area contributed by atoms with Crippen molar-refractivity contribution in [3.63, 3.8) is 0 Å². The third kappa shape index (κ3) is 3.79. The van der Waals surface area contributed by atoms with Crippen LogP contribution in [-0.4, -0.2) is 28.1 Å². The van der Waals surface area contributed by atoms with Gasteiger partial charge in [0.2, 0.25) is 0 Å². The first-order valence-corrected chi connectivity index (χ1v) is 5.22. The molecule has 0 heterocycles. The summed E-state index contributed by atoms with van der Waals surface area (Å²) >= 11 is 0. The first-order chi connectivity index (χ1) is 7.90. The first-order valence-electron chi connectivity index (χ1n) is 5.22. The van der Waals surface area contributed by atoms with Gasteiger partial charge in [-0.3, -0.25) is 9.59 Å². The smallest absolute Gasteiger partial charge is 0.305 e. The Morgan fingerprint density at radius 3 is 2.59 bits per heavy atom. The molecule has 5 nitrogen and oxygen atoms in total. The fourth-order valence-corrected chi connectivity index (χ4v) is 1.42. The minimum Gasteiger partial charge on any atom is -0.508 e. The van der Waals surface area contributed by atoms with E-state index in [1.165, 1.54) is 12.1 Å². The summed E-state index contributed by atoms with van der Waals surface area (Å²) in [6.07, 6.45) is -0.122. The second kappa shape index (κ2) is 5.34. The Bertz CT molecular complexity index is 442. The molecule has 0 fully saturated rings. The minimum atomic E-state index is -0.959. The van der Waals surface area contributed by atoms with E-state index >= 15 is 0 Å². The Morgan fingerprint density at radius 1 is 1.41 bits per heavy atom. The van der Waals surface area contributed by atoms with Crippen LogP contribution in [0.2, 0.25) is 0 Å². The van der Waals surface area contributed by atoms with Crippen molar-refractivity contribution in [2.45, 2.75) is 26.3 Å². The van der Waals surface area contributed by atoms with Crippen molar-refractivity contribution in [2.75, 3.05) is 0 Å². The number of nitrogens with one attached hydrogen (secondary N) is 1. The molecule has 17 heavy (non-hydrogen) atoms.